The van der Waals surface area contributed by atoms with E-state index < -0.39 is 5.56 Å². The molecule has 0 amide bonds. The molecule has 1 N–H and O–H groups in total. The Bertz CT molecular complexity index is 23.6. The maximum Gasteiger partial charge on any atom is 0.175 e. The highest BCUT2D eigenvalue weighted by atomic mass is 35.5. The number of rotatable bonds is 1. The molecule has 0 bridgehead atoms. The van der Waals surface area contributed by atoms with Gasteiger partial charge in [-0.1, -0.05) is 11.6 Å². The Hall–Kier alpha value is 0.180. The summed E-state index contributed by atoms with van der Waals surface area (Å²) in [7, 11) is 0. The topological polar surface area (TPSA) is 20.2 Å². The average molecular weight is 97.5 g/mol. The first-order chi connectivity index (χ1) is 2.27. The van der Waals surface area contributed by atoms with Crippen LogP contribution in [0.25, 0.3) is 0 Å². The van der Waals surface area contributed by atoms with Crippen LogP contribution in [0.2, 0.25) is 0 Å². The van der Waals surface area contributed by atoms with Gasteiger partial charge in [-0.2, -0.15) is 0 Å². The first kappa shape index (κ1) is 5.18. The molecule has 0 aromatic rings. The van der Waals surface area contributed by atoms with Gasteiger partial charge in [0, 0.05) is 0 Å². The molecule has 0 heterocycles. The molecular weight excluding hydrogens is 94.5 g/mol. The van der Waals surface area contributed by atoms with Crippen LogP contribution < -0.4 is 0 Å². The molecule has 0 spiro atoms. The van der Waals surface area contributed by atoms with Crippen molar-refractivity contribution in [2.75, 3.05) is 0 Å². The van der Waals surface area contributed by atoms with Gasteiger partial charge in [0.25, 0.3) is 0 Å². The smallest absolute Gasteiger partial charge is 0.175 e. The van der Waals surface area contributed by atoms with E-state index in [0.29, 0.717) is 0 Å². The molecule has 1 unspecified atom stereocenters. The number of hydrogen-bond acceptors (Lipinski definition) is 1. The Morgan fingerprint density at radius 1 is 2.00 bits per heavy atom. The summed E-state index contributed by atoms with van der Waals surface area (Å²) in [6.45, 7) is -0.0123. The van der Waals surface area contributed by atoms with E-state index in [-0.39, 0.29) is 6.67 Å². The minimum atomic E-state index is -1.44. The molecule has 31 valence electrons. The van der Waals surface area contributed by atoms with Gasteiger partial charge in [0.2, 0.25) is 0 Å². The van der Waals surface area contributed by atoms with Crippen molar-refractivity contribution in [3.05, 3.63) is 6.67 Å². The molecule has 0 aromatic carbocycles. The minimum absolute atomic E-state index is 0.0123. The van der Waals surface area contributed by atoms with Crippen LogP contribution in [0, 0.1) is 6.67 Å². The van der Waals surface area contributed by atoms with Gasteiger partial charge in [0.05, 0.1) is 0 Å². The zero-order valence-corrected chi connectivity index (χ0v) is 3.11. The summed E-state index contributed by atoms with van der Waals surface area (Å²) in [5.41, 5.74) is -1.44. The fourth-order valence-electron chi connectivity index (χ4n) is 0. The molecular formula is C2H3ClFO. The van der Waals surface area contributed by atoms with Crippen molar-refractivity contribution in [2.45, 2.75) is 5.56 Å². The molecule has 0 saturated heterocycles. The first-order valence-corrected chi connectivity index (χ1v) is 1.46. The summed E-state index contributed by atoms with van der Waals surface area (Å²) >= 11 is 4.59. The maximum atomic E-state index is 10.6. The molecule has 0 aliphatic carbocycles. The van der Waals surface area contributed by atoms with E-state index in [2.05, 4.69) is 11.6 Å². The van der Waals surface area contributed by atoms with Crippen molar-refractivity contribution in [3.8, 4) is 0 Å². The van der Waals surface area contributed by atoms with Crippen LogP contribution >= 0.6 is 11.6 Å². The van der Waals surface area contributed by atoms with Gasteiger partial charge < -0.3 is 5.11 Å². The summed E-state index contributed by atoms with van der Waals surface area (Å²) in [5.74, 6) is 0. The largest absolute Gasteiger partial charge is 0.374 e. The molecule has 0 aromatic heterocycles. The van der Waals surface area contributed by atoms with Gasteiger partial charge in [0.1, 0.15) is 0 Å². The van der Waals surface area contributed by atoms with Gasteiger partial charge in [-0.15, -0.1) is 0 Å². The molecule has 0 aliphatic rings. The number of alkyl halides is 1. The SMILES string of the molecule is OC(Cl)[CH]F. The fourth-order valence-corrected chi connectivity index (χ4v) is 0. The number of aliphatic hydroxyl groups excluding tert-OH is 1. The van der Waals surface area contributed by atoms with Gasteiger partial charge in [-0.05, 0) is 0 Å². The second kappa shape index (κ2) is 2.42. The molecule has 1 nitrogen and oxygen atoms in total. The Labute approximate surface area is 34.4 Å². The molecule has 1 radical (unpaired) electrons. The van der Waals surface area contributed by atoms with Crippen LogP contribution in [0.15, 0.2) is 0 Å². The van der Waals surface area contributed by atoms with E-state index in [9.17, 15) is 4.39 Å². The monoisotopic (exact) mass is 97.0 g/mol. The summed E-state index contributed by atoms with van der Waals surface area (Å²) < 4.78 is 10.6. The van der Waals surface area contributed by atoms with Gasteiger partial charge in [-0.25, -0.2) is 4.39 Å². The van der Waals surface area contributed by atoms with E-state index in [1.807, 2.05) is 0 Å². The van der Waals surface area contributed by atoms with Gasteiger partial charge >= 0.3 is 0 Å². The van der Waals surface area contributed by atoms with E-state index in [1.54, 1.807) is 0 Å². The average Bonchev–Trinajstić information content (AvgIpc) is 1.38. The summed E-state index contributed by atoms with van der Waals surface area (Å²) in [4.78, 5) is 0. The van der Waals surface area contributed by atoms with Gasteiger partial charge in [-0.3, -0.25) is 0 Å². The molecule has 0 aliphatic heterocycles. The van der Waals surface area contributed by atoms with E-state index in [4.69, 9.17) is 5.11 Å². The van der Waals surface area contributed by atoms with Crippen molar-refractivity contribution in [1.29, 1.82) is 0 Å². The van der Waals surface area contributed by atoms with Crippen molar-refractivity contribution < 1.29 is 9.50 Å². The second-order valence-corrected chi connectivity index (χ2v) is 0.946. The summed E-state index contributed by atoms with van der Waals surface area (Å²) in [5, 5.41) is 7.70. The van der Waals surface area contributed by atoms with Crippen LogP contribution in [0.1, 0.15) is 0 Å². The van der Waals surface area contributed by atoms with E-state index in [0.717, 1.165) is 0 Å². The maximum absolute atomic E-state index is 10.6. The molecule has 5 heavy (non-hydrogen) atoms. The zero-order valence-electron chi connectivity index (χ0n) is 2.36. The Balaban J connectivity index is 2.54. The predicted molar refractivity (Wildman–Crippen MR) is 17.3 cm³/mol. The highest BCUT2D eigenvalue weighted by Gasteiger charge is 1.90. The lowest BCUT2D eigenvalue weighted by atomic mass is 10.8. The zero-order chi connectivity index (χ0) is 4.28. The number of aliphatic hydroxyl groups is 1. The Morgan fingerprint density at radius 2 is 2.20 bits per heavy atom. The quantitative estimate of drug-likeness (QED) is 0.477. The molecule has 0 rings (SSSR count). The predicted octanol–water partition coefficient (Wildman–Crippen LogP) is 0.675. The van der Waals surface area contributed by atoms with Crippen molar-refractivity contribution in [2.24, 2.45) is 0 Å². The third-order valence-electron chi connectivity index (χ3n) is 0.104. The van der Waals surface area contributed by atoms with Crippen LogP contribution in [0.5, 0.6) is 0 Å². The molecule has 1 atom stereocenters. The lowest BCUT2D eigenvalue weighted by molar-refractivity contribution is 0.253. The van der Waals surface area contributed by atoms with Crippen LogP contribution in [0.4, 0.5) is 4.39 Å². The second-order valence-electron chi connectivity index (χ2n) is 0.499. The Kier molecular flexibility index (Phi) is 2.51. The molecule has 0 fully saturated rings. The van der Waals surface area contributed by atoms with E-state index >= 15 is 0 Å². The first-order valence-electron chi connectivity index (χ1n) is 1.03. The number of halogens is 2. The molecule has 3 heteroatoms. The van der Waals surface area contributed by atoms with E-state index in [1.165, 1.54) is 0 Å². The minimum Gasteiger partial charge on any atom is -0.374 e. The van der Waals surface area contributed by atoms with Gasteiger partial charge in [0.15, 0.2) is 12.2 Å². The summed E-state index contributed by atoms with van der Waals surface area (Å²) in [6.07, 6.45) is 0. The summed E-state index contributed by atoms with van der Waals surface area (Å²) in [6, 6.07) is 0. The van der Waals surface area contributed by atoms with Crippen LogP contribution in [0.3, 0.4) is 0 Å². The fraction of sp³-hybridized carbons (Fsp3) is 0.500. The van der Waals surface area contributed by atoms with Crippen molar-refractivity contribution >= 4 is 11.6 Å². The lowest BCUT2D eigenvalue weighted by Crippen LogP contribution is -1.88. The standard InChI is InChI=1S/C2H3ClFO/c3-2(5)1-4/h1-2,5H. The molecule has 0 saturated carbocycles. The highest BCUT2D eigenvalue weighted by Crippen LogP contribution is 1.92. The number of hydrogen-bond donors (Lipinski definition) is 1. The third-order valence-corrected chi connectivity index (χ3v) is 0.199. The Morgan fingerprint density at radius 3 is 2.20 bits per heavy atom. The normalized spacial score (nSPS) is 15.0. The third kappa shape index (κ3) is 4.18. The highest BCUT2D eigenvalue weighted by molar-refractivity contribution is 6.20. The van der Waals surface area contributed by atoms with Crippen LogP contribution in [-0.2, 0) is 0 Å². The van der Waals surface area contributed by atoms with Crippen molar-refractivity contribution in [1.82, 2.24) is 0 Å². The lowest BCUT2D eigenvalue weighted by Gasteiger charge is -1.83. The van der Waals surface area contributed by atoms with Crippen molar-refractivity contribution in [3.63, 3.8) is 0 Å². The van der Waals surface area contributed by atoms with Crippen LogP contribution in [-0.4, -0.2) is 10.7 Å².